The minimum absolute atomic E-state index is 0.0414. The number of hydrogen-bond acceptors (Lipinski definition) is 6. The van der Waals surface area contributed by atoms with Gasteiger partial charge in [0.2, 0.25) is 0 Å². The summed E-state index contributed by atoms with van der Waals surface area (Å²) in [7, 11) is -1.11. The summed E-state index contributed by atoms with van der Waals surface area (Å²) in [4.78, 5) is 42.1. The second kappa shape index (κ2) is 7.11. The van der Waals surface area contributed by atoms with Gasteiger partial charge in [0.05, 0.1) is 26.2 Å². The Morgan fingerprint density at radius 2 is 1.87 bits per heavy atom. The highest BCUT2D eigenvalue weighted by Crippen LogP contribution is 2.24. The predicted octanol–water partition coefficient (Wildman–Crippen LogP) is 1.75. The maximum absolute atomic E-state index is 12.9. The van der Waals surface area contributed by atoms with Gasteiger partial charge in [0.1, 0.15) is 0 Å². The zero-order valence-electron chi connectivity index (χ0n) is 15.9. The van der Waals surface area contributed by atoms with Crippen LogP contribution < -0.4 is 9.70 Å². The van der Waals surface area contributed by atoms with E-state index < -0.39 is 21.7 Å². The number of carbonyl (C=O) groups excluding carboxylic acids is 2. The molecule has 0 aliphatic heterocycles. The number of thiazole rings is 1. The number of benzene rings is 2. The van der Waals surface area contributed by atoms with Gasteiger partial charge in [-0.15, -0.1) is 0 Å². The Hall–Kier alpha value is -3.44. The van der Waals surface area contributed by atoms with Gasteiger partial charge in [-0.3, -0.25) is 19.1 Å². The first-order valence-corrected chi connectivity index (χ1v) is 11.0. The molecule has 2 N–H and O–H groups in total. The molecule has 0 radical (unpaired) electrons. The highest BCUT2D eigenvalue weighted by Gasteiger charge is 2.24. The van der Waals surface area contributed by atoms with Crippen molar-refractivity contribution in [3.63, 3.8) is 0 Å². The number of fused-ring (bicyclic) bond motifs is 2. The number of sulfonamides is 1. The van der Waals surface area contributed by atoms with Crippen molar-refractivity contribution in [1.82, 2.24) is 14.6 Å². The molecule has 2 aromatic heterocycles. The van der Waals surface area contributed by atoms with Crippen LogP contribution in [0, 0.1) is 0 Å². The van der Waals surface area contributed by atoms with E-state index in [0.29, 0.717) is 21.1 Å². The average molecular weight is 444 g/mol. The van der Waals surface area contributed by atoms with E-state index in [-0.39, 0.29) is 15.3 Å². The molecular formula is C19H16N4O5S2. The molecule has 0 saturated carbocycles. The van der Waals surface area contributed by atoms with Gasteiger partial charge < -0.3 is 9.88 Å². The predicted molar refractivity (Wildman–Crippen MR) is 114 cm³/mol. The zero-order chi connectivity index (χ0) is 21.6. The monoisotopic (exact) mass is 444 g/mol. The topological polar surface area (TPSA) is 121 Å². The van der Waals surface area contributed by atoms with Crippen molar-refractivity contribution in [2.45, 2.75) is 4.90 Å². The van der Waals surface area contributed by atoms with Gasteiger partial charge in [0, 0.05) is 25.7 Å². The van der Waals surface area contributed by atoms with E-state index in [2.05, 4.69) is 9.82 Å². The lowest BCUT2D eigenvalue weighted by Gasteiger charge is -2.10. The molecule has 0 aliphatic rings. The molecule has 11 heteroatoms. The molecule has 2 heterocycles. The Balaban J connectivity index is 1.78. The summed E-state index contributed by atoms with van der Waals surface area (Å²) < 4.78 is 27.6. The fourth-order valence-electron chi connectivity index (χ4n) is 3.03. The van der Waals surface area contributed by atoms with Crippen molar-refractivity contribution < 1.29 is 18.0 Å². The molecule has 0 unspecified atom stereocenters. The third-order valence-corrected chi connectivity index (χ3v) is 6.64. The number of ketones is 1. The molecule has 9 nitrogen and oxygen atoms in total. The van der Waals surface area contributed by atoms with Crippen molar-refractivity contribution in [2.24, 2.45) is 0 Å². The number of para-hydroxylation sites is 1. The molecule has 0 bridgehead atoms. The van der Waals surface area contributed by atoms with Gasteiger partial charge in [-0.05, 0) is 24.3 Å². The maximum atomic E-state index is 12.9. The molecule has 2 aromatic carbocycles. The van der Waals surface area contributed by atoms with Crippen LogP contribution in [0.4, 0.5) is 0 Å². The Labute approximate surface area is 174 Å². The molecule has 0 atom stereocenters. The number of likely N-dealkylation sites (N-methyl/N-ethyl adjacent to an activating group) is 1. The quantitative estimate of drug-likeness (QED) is 0.359. The normalized spacial score (nSPS) is 11.7. The summed E-state index contributed by atoms with van der Waals surface area (Å²) in [5, 5.41) is 0.444. The number of Topliss-reactive ketones (excluding diaryl/α,β-unsaturated/α-hetero) is 1. The zero-order valence-corrected chi connectivity index (χ0v) is 17.5. The van der Waals surface area contributed by atoms with Crippen LogP contribution in [0.5, 0.6) is 0 Å². The second-order valence-corrected chi connectivity index (χ2v) is 9.40. The van der Waals surface area contributed by atoms with E-state index in [0.717, 1.165) is 16.2 Å². The van der Waals surface area contributed by atoms with Gasteiger partial charge in [-0.25, -0.2) is 4.83 Å². The highest BCUT2D eigenvalue weighted by atomic mass is 32.2. The third kappa shape index (κ3) is 3.37. The van der Waals surface area contributed by atoms with Crippen LogP contribution in [-0.2, 0) is 14.8 Å². The maximum Gasteiger partial charge on any atom is 0.305 e. The number of aromatic amines is 1. The molecule has 0 aliphatic carbocycles. The van der Waals surface area contributed by atoms with Crippen LogP contribution in [0.2, 0.25) is 0 Å². The largest absolute Gasteiger partial charge is 0.342 e. The molecule has 4 aromatic rings. The summed E-state index contributed by atoms with van der Waals surface area (Å²) in [5.74, 6) is -1.46. The van der Waals surface area contributed by atoms with E-state index in [1.54, 1.807) is 24.3 Å². The number of carbonyl (C=O) groups is 2. The fraction of sp³-hybridized carbons (Fsp3) is 0.105. The summed E-state index contributed by atoms with van der Waals surface area (Å²) >= 11 is 0.908. The second-order valence-electron chi connectivity index (χ2n) is 6.73. The lowest BCUT2D eigenvalue weighted by Crippen LogP contribution is -2.29. The lowest BCUT2D eigenvalue weighted by atomic mass is 10.1. The molecule has 0 fully saturated rings. The number of hydrogen-bond donors (Lipinski definition) is 2. The van der Waals surface area contributed by atoms with E-state index in [9.17, 15) is 22.8 Å². The van der Waals surface area contributed by atoms with Crippen LogP contribution in [-0.4, -0.2) is 48.8 Å². The summed E-state index contributed by atoms with van der Waals surface area (Å²) in [6, 6.07) is 10.9. The summed E-state index contributed by atoms with van der Waals surface area (Å²) in [6.07, 6.45) is 1.29. The van der Waals surface area contributed by atoms with Crippen LogP contribution >= 0.6 is 11.3 Å². The number of amides is 1. The van der Waals surface area contributed by atoms with Gasteiger partial charge in [-0.2, -0.15) is 8.42 Å². The Kier molecular flexibility index (Phi) is 4.71. The molecule has 0 saturated heterocycles. The van der Waals surface area contributed by atoms with E-state index >= 15 is 0 Å². The standard InChI is InChI=1S/C19H16N4O5S2/c1-22(2)18(25)17(24)13-10-23(15-6-4-3-5-12(13)15)21-30(27,28)11-7-8-14-16(9-11)29-19(26)20-14/h3-10,21H,1-2H3,(H,20,26). The number of rotatable bonds is 5. The number of nitrogens with zero attached hydrogens (tertiary/aromatic N) is 2. The first kappa shape index (κ1) is 19.9. The summed E-state index contributed by atoms with van der Waals surface area (Å²) in [5.41, 5.74) is 1.06. The molecule has 154 valence electrons. The van der Waals surface area contributed by atoms with Gasteiger partial charge in [0.15, 0.2) is 0 Å². The van der Waals surface area contributed by atoms with Gasteiger partial charge >= 0.3 is 4.87 Å². The van der Waals surface area contributed by atoms with Crippen LogP contribution in [0.3, 0.4) is 0 Å². The van der Waals surface area contributed by atoms with Crippen molar-refractivity contribution in [2.75, 3.05) is 18.9 Å². The SMILES string of the molecule is CN(C)C(=O)C(=O)c1cn(NS(=O)(=O)c2ccc3[nH]c(=O)sc3c2)c2ccccc12. The number of aromatic nitrogens is 2. The lowest BCUT2D eigenvalue weighted by molar-refractivity contribution is -0.124. The van der Waals surface area contributed by atoms with E-state index in [4.69, 9.17) is 0 Å². The molecule has 4 rings (SSSR count). The Bertz CT molecular complexity index is 1480. The van der Waals surface area contributed by atoms with Crippen molar-refractivity contribution in [3.8, 4) is 0 Å². The Morgan fingerprint density at radius 3 is 2.60 bits per heavy atom. The highest BCUT2D eigenvalue weighted by molar-refractivity contribution is 7.92. The fourth-order valence-corrected chi connectivity index (χ4v) is 4.92. The van der Waals surface area contributed by atoms with Gasteiger partial charge in [-0.1, -0.05) is 29.5 Å². The minimum Gasteiger partial charge on any atom is -0.342 e. The minimum atomic E-state index is -4.04. The smallest absolute Gasteiger partial charge is 0.305 e. The van der Waals surface area contributed by atoms with Crippen molar-refractivity contribution >= 4 is 54.2 Å². The summed E-state index contributed by atoms with van der Waals surface area (Å²) in [6.45, 7) is 0. The molecular weight excluding hydrogens is 428 g/mol. The third-order valence-electron chi connectivity index (χ3n) is 4.48. The van der Waals surface area contributed by atoms with E-state index in [1.807, 2.05) is 0 Å². The molecule has 30 heavy (non-hydrogen) atoms. The van der Waals surface area contributed by atoms with Gasteiger partial charge in [0.25, 0.3) is 21.7 Å². The van der Waals surface area contributed by atoms with E-state index in [1.165, 1.54) is 43.2 Å². The first-order valence-electron chi connectivity index (χ1n) is 8.69. The molecule has 0 spiro atoms. The number of H-pyrrole nitrogens is 1. The average Bonchev–Trinajstić information content (AvgIpc) is 3.25. The first-order chi connectivity index (χ1) is 14.2. The number of nitrogens with one attached hydrogen (secondary N) is 2. The van der Waals surface area contributed by atoms with Crippen LogP contribution in [0.25, 0.3) is 21.1 Å². The van der Waals surface area contributed by atoms with Crippen LogP contribution in [0.15, 0.2) is 58.4 Å². The van der Waals surface area contributed by atoms with Crippen molar-refractivity contribution in [1.29, 1.82) is 0 Å². The van der Waals surface area contributed by atoms with Crippen molar-refractivity contribution in [3.05, 3.63) is 63.9 Å². The Morgan fingerprint density at radius 1 is 1.13 bits per heavy atom. The van der Waals surface area contributed by atoms with Crippen LogP contribution in [0.1, 0.15) is 10.4 Å². The molecule has 1 amide bonds.